The van der Waals surface area contributed by atoms with E-state index in [1.165, 1.54) is 12.1 Å². The number of ketones is 1. The number of allylic oxidation sites excluding steroid dienone is 1. The third-order valence-electron chi connectivity index (χ3n) is 3.92. The molecule has 6 heteroatoms. The van der Waals surface area contributed by atoms with Crippen LogP contribution in [0.2, 0.25) is 5.02 Å². The van der Waals surface area contributed by atoms with E-state index in [9.17, 15) is 9.59 Å². The number of benzene rings is 2. The highest BCUT2D eigenvalue weighted by atomic mass is 35.5. The van der Waals surface area contributed by atoms with Crippen LogP contribution in [0.15, 0.2) is 72.8 Å². The normalized spacial score (nSPS) is 14.0. The number of carbonyl (C=O) groups excluding carboxylic acids is 2. The fourth-order valence-corrected chi connectivity index (χ4v) is 2.81. The number of halogens is 1. The Labute approximate surface area is 159 Å². The standard InChI is InChI=1S/C21H12ClNO4/c22-15-3-1-2-14(11-15)21(25)26-16-4-5-17-18(12-16)27-19(20(17)24)10-13-6-8-23-9-7-13/h1-12H/b19-10-. The zero-order valence-electron chi connectivity index (χ0n) is 13.9. The van der Waals surface area contributed by atoms with Crippen molar-refractivity contribution in [1.29, 1.82) is 0 Å². The summed E-state index contributed by atoms with van der Waals surface area (Å²) < 4.78 is 11.0. The molecule has 1 aromatic heterocycles. The number of hydrogen-bond acceptors (Lipinski definition) is 5. The number of nitrogens with zero attached hydrogens (tertiary/aromatic N) is 1. The van der Waals surface area contributed by atoms with Crippen molar-refractivity contribution in [3.63, 3.8) is 0 Å². The minimum Gasteiger partial charge on any atom is -0.452 e. The molecule has 3 aromatic rings. The van der Waals surface area contributed by atoms with Gasteiger partial charge in [-0.05, 0) is 54.1 Å². The molecule has 0 saturated carbocycles. The molecule has 4 rings (SSSR count). The summed E-state index contributed by atoms with van der Waals surface area (Å²) in [6.45, 7) is 0. The fraction of sp³-hybridized carbons (Fsp3) is 0. The second kappa shape index (κ2) is 7.05. The SMILES string of the molecule is O=C(Oc1ccc2c(c1)O/C(=C\c1ccncc1)C2=O)c1cccc(Cl)c1. The number of Topliss-reactive ketones (excluding diaryl/α,β-unsaturated/α-hetero) is 1. The number of pyridine rings is 1. The summed E-state index contributed by atoms with van der Waals surface area (Å²) in [4.78, 5) is 28.6. The van der Waals surface area contributed by atoms with Gasteiger partial charge in [0.05, 0.1) is 11.1 Å². The second-order valence-corrected chi connectivity index (χ2v) is 6.21. The van der Waals surface area contributed by atoms with Gasteiger partial charge in [-0.1, -0.05) is 17.7 Å². The monoisotopic (exact) mass is 377 g/mol. The molecule has 2 heterocycles. The van der Waals surface area contributed by atoms with Crippen LogP contribution in [-0.4, -0.2) is 16.7 Å². The number of aromatic nitrogens is 1. The molecule has 0 saturated heterocycles. The molecule has 0 unspecified atom stereocenters. The number of ether oxygens (including phenoxy) is 2. The summed E-state index contributed by atoms with van der Waals surface area (Å²) in [7, 11) is 0. The van der Waals surface area contributed by atoms with Gasteiger partial charge in [-0.25, -0.2) is 4.79 Å². The first-order valence-corrected chi connectivity index (χ1v) is 8.44. The first kappa shape index (κ1) is 17.0. The Balaban J connectivity index is 1.56. The molecule has 132 valence electrons. The molecule has 0 radical (unpaired) electrons. The maximum Gasteiger partial charge on any atom is 0.343 e. The third kappa shape index (κ3) is 3.59. The van der Waals surface area contributed by atoms with E-state index < -0.39 is 5.97 Å². The Bertz CT molecular complexity index is 1080. The Kier molecular flexibility index (Phi) is 4.44. The topological polar surface area (TPSA) is 65.5 Å². The lowest BCUT2D eigenvalue weighted by Crippen LogP contribution is -2.08. The van der Waals surface area contributed by atoms with E-state index in [-0.39, 0.29) is 17.3 Å². The highest BCUT2D eigenvalue weighted by Crippen LogP contribution is 2.35. The predicted octanol–water partition coefficient (Wildman–Crippen LogP) is 4.57. The maximum absolute atomic E-state index is 12.5. The van der Waals surface area contributed by atoms with E-state index in [1.807, 2.05) is 0 Å². The van der Waals surface area contributed by atoms with Gasteiger partial charge in [-0.2, -0.15) is 0 Å². The zero-order valence-corrected chi connectivity index (χ0v) is 14.6. The van der Waals surface area contributed by atoms with Crippen molar-refractivity contribution in [1.82, 2.24) is 4.98 Å². The molecule has 5 nitrogen and oxygen atoms in total. The van der Waals surface area contributed by atoms with Gasteiger partial charge >= 0.3 is 5.97 Å². The third-order valence-corrected chi connectivity index (χ3v) is 4.15. The predicted molar refractivity (Wildman–Crippen MR) is 100 cm³/mol. The van der Waals surface area contributed by atoms with Crippen molar-refractivity contribution in [2.24, 2.45) is 0 Å². The Morgan fingerprint density at radius 2 is 1.89 bits per heavy atom. The van der Waals surface area contributed by atoms with Crippen molar-refractivity contribution in [3.8, 4) is 11.5 Å². The van der Waals surface area contributed by atoms with E-state index in [1.54, 1.807) is 60.9 Å². The van der Waals surface area contributed by atoms with Crippen LogP contribution >= 0.6 is 11.6 Å². The van der Waals surface area contributed by atoms with E-state index in [0.29, 0.717) is 21.9 Å². The molecule has 0 fully saturated rings. The molecule has 0 spiro atoms. The highest BCUT2D eigenvalue weighted by Gasteiger charge is 2.28. The van der Waals surface area contributed by atoms with Crippen LogP contribution in [0.1, 0.15) is 26.3 Å². The summed E-state index contributed by atoms with van der Waals surface area (Å²) >= 11 is 5.89. The lowest BCUT2D eigenvalue weighted by molar-refractivity contribution is 0.0734. The van der Waals surface area contributed by atoms with Crippen LogP contribution in [0.25, 0.3) is 6.08 Å². The molecule has 0 N–H and O–H groups in total. The van der Waals surface area contributed by atoms with E-state index >= 15 is 0 Å². The van der Waals surface area contributed by atoms with E-state index in [4.69, 9.17) is 21.1 Å². The smallest absolute Gasteiger partial charge is 0.343 e. The number of fused-ring (bicyclic) bond motifs is 1. The minimum atomic E-state index is -0.547. The highest BCUT2D eigenvalue weighted by molar-refractivity contribution is 6.30. The van der Waals surface area contributed by atoms with Gasteiger partial charge in [0, 0.05) is 23.5 Å². The molecular formula is C21H12ClNO4. The molecule has 0 atom stereocenters. The van der Waals surface area contributed by atoms with Crippen LogP contribution in [-0.2, 0) is 0 Å². The largest absolute Gasteiger partial charge is 0.452 e. The van der Waals surface area contributed by atoms with Crippen LogP contribution in [0.5, 0.6) is 11.5 Å². The van der Waals surface area contributed by atoms with Gasteiger partial charge < -0.3 is 9.47 Å². The lowest BCUT2D eigenvalue weighted by atomic mass is 10.1. The number of hydrogen-bond donors (Lipinski definition) is 0. The van der Waals surface area contributed by atoms with Crippen molar-refractivity contribution in [2.45, 2.75) is 0 Å². The first-order valence-electron chi connectivity index (χ1n) is 8.06. The number of rotatable bonds is 3. The Morgan fingerprint density at radius 1 is 1.07 bits per heavy atom. The van der Waals surface area contributed by atoms with Gasteiger partial charge in [0.15, 0.2) is 5.76 Å². The Morgan fingerprint density at radius 3 is 2.67 bits per heavy atom. The van der Waals surface area contributed by atoms with Crippen LogP contribution < -0.4 is 9.47 Å². The minimum absolute atomic E-state index is 0.203. The summed E-state index contributed by atoms with van der Waals surface area (Å²) in [5.41, 5.74) is 1.55. The summed E-state index contributed by atoms with van der Waals surface area (Å²) in [5, 5.41) is 0.443. The van der Waals surface area contributed by atoms with E-state index in [0.717, 1.165) is 5.56 Å². The second-order valence-electron chi connectivity index (χ2n) is 5.78. The molecule has 27 heavy (non-hydrogen) atoms. The van der Waals surface area contributed by atoms with Crippen LogP contribution in [0.3, 0.4) is 0 Å². The van der Waals surface area contributed by atoms with Gasteiger partial charge in [0.2, 0.25) is 5.78 Å². The van der Waals surface area contributed by atoms with Crippen molar-refractivity contribution < 1.29 is 19.1 Å². The van der Waals surface area contributed by atoms with Crippen LogP contribution in [0, 0.1) is 0 Å². The van der Waals surface area contributed by atoms with Gasteiger partial charge in [0.1, 0.15) is 11.5 Å². The summed E-state index contributed by atoms with van der Waals surface area (Å²) in [6.07, 6.45) is 4.90. The van der Waals surface area contributed by atoms with Gasteiger partial charge in [-0.3, -0.25) is 9.78 Å². The zero-order chi connectivity index (χ0) is 18.8. The van der Waals surface area contributed by atoms with E-state index in [2.05, 4.69) is 4.98 Å². The number of esters is 1. The van der Waals surface area contributed by atoms with Crippen molar-refractivity contribution >= 4 is 29.4 Å². The molecule has 0 bridgehead atoms. The maximum atomic E-state index is 12.5. The average Bonchev–Trinajstić information content (AvgIpc) is 2.97. The molecule has 1 aliphatic rings. The lowest BCUT2D eigenvalue weighted by Gasteiger charge is -2.06. The van der Waals surface area contributed by atoms with Gasteiger partial charge in [-0.15, -0.1) is 0 Å². The fourth-order valence-electron chi connectivity index (χ4n) is 2.62. The summed E-state index contributed by atoms with van der Waals surface area (Å²) in [6, 6.07) is 14.6. The van der Waals surface area contributed by atoms with Crippen molar-refractivity contribution in [2.75, 3.05) is 0 Å². The molecule has 1 aliphatic heterocycles. The average molecular weight is 378 g/mol. The Hall–Kier alpha value is -3.44. The molecular weight excluding hydrogens is 366 g/mol. The quantitative estimate of drug-likeness (QED) is 0.380. The molecule has 2 aromatic carbocycles. The molecule has 0 amide bonds. The van der Waals surface area contributed by atoms with Crippen LogP contribution in [0.4, 0.5) is 0 Å². The molecule has 0 aliphatic carbocycles. The van der Waals surface area contributed by atoms with Gasteiger partial charge in [0.25, 0.3) is 0 Å². The summed E-state index contributed by atoms with van der Waals surface area (Å²) in [5.74, 6) is 0.0479. The van der Waals surface area contributed by atoms with Crippen molar-refractivity contribution in [3.05, 3.63) is 94.5 Å². The number of carbonyl (C=O) groups is 2. The first-order chi connectivity index (χ1) is 13.1.